The first-order chi connectivity index (χ1) is 13.7. The highest BCUT2D eigenvalue weighted by atomic mass is 16.6. The van der Waals surface area contributed by atoms with Gasteiger partial charge in [0.2, 0.25) is 0 Å². The summed E-state index contributed by atoms with van der Waals surface area (Å²) in [7, 11) is 0. The van der Waals surface area contributed by atoms with Gasteiger partial charge in [-0.3, -0.25) is 0 Å². The van der Waals surface area contributed by atoms with E-state index in [9.17, 15) is 9.59 Å². The minimum Gasteiger partial charge on any atom is -0.459 e. The van der Waals surface area contributed by atoms with Crippen LogP contribution in [-0.4, -0.2) is 28.7 Å². The third-order valence-electron chi connectivity index (χ3n) is 3.52. The second-order valence-electron chi connectivity index (χ2n) is 7.27. The van der Waals surface area contributed by atoms with Crippen LogP contribution in [0.25, 0.3) is 0 Å². The molecule has 1 aromatic heterocycles. The number of benzene rings is 1. The number of esters is 1. The lowest BCUT2D eigenvalue weighted by Gasteiger charge is -2.22. The Morgan fingerprint density at radius 3 is 2.59 bits per heavy atom. The Morgan fingerprint density at radius 2 is 1.93 bits per heavy atom. The number of rotatable bonds is 5. The van der Waals surface area contributed by atoms with Crippen LogP contribution in [0.2, 0.25) is 0 Å². The van der Waals surface area contributed by atoms with Crippen molar-refractivity contribution in [1.82, 2.24) is 10.3 Å². The van der Waals surface area contributed by atoms with E-state index in [0.29, 0.717) is 11.4 Å². The Balaban J connectivity index is 2.05. The van der Waals surface area contributed by atoms with Crippen molar-refractivity contribution in [3.05, 3.63) is 59.8 Å². The second-order valence-corrected chi connectivity index (χ2v) is 7.27. The van der Waals surface area contributed by atoms with Gasteiger partial charge in [-0.2, -0.15) is 0 Å². The molecular weight excluding hydrogens is 370 g/mol. The lowest BCUT2D eigenvalue weighted by Crippen LogP contribution is -2.44. The maximum absolute atomic E-state index is 12.5. The molecule has 1 heterocycles. The number of hydrogen-bond donors (Lipinski definition) is 2. The summed E-state index contributed by atoms with van der Waals surface area (Å²) in [5.74, 6) is 5.52. The van der Waals surface area contributed by atoms with E-state index in [4.69, 9.17) is 15.2 Å². The van der Waals surface area contributed by atoms with E-state index in [1.54, 1.807) is 39.1 Å². The fraction of sp³-hybridized carbons (Fsp3) is 0.318. The average molecular weight is 395 g/mol. The summed E-state index contributed by atoms with van der Waals surface area (Å²) >= 11 is 0. The molecule has 0 aliphatic carbocycles. The summed E-state index contributed by atoms with van der Waals surface area (Å²) in [5.41, 5.74) is 6.44. The number of aromatic nitrogens is 1. The van der Waals surface area contributed by atoms with E-state index in [1.165, 1.54) is 0 Å². The van der Waals surface area contributed by atoms with Gasteiger partial charge in [0.1, 0.15) is 24.1 Å². The van der Waals surface area contributed by atoms with Gasteiger partial charge in [-0.05, 0) is 38.5 Å². The van der Waals surface area contributed by atoms with Gasteiger partial charge in [0.25, 0.3) is 0 Å². The van der Waals surface area contributed by atoms with Crippen LogP contribution in [0, 0.1) is 11.8 Å². The topological polar surface area (TPSA) is 104 Å². The van der Waals surface area contributed by atoms with Crippen LogP contribution in [0.3, 0.4) is 0 Å². The number of amides is 1. The predicted octanol–water partition coefficient (Wildman–Crippen LogP) is 3.04. The molecule has 0 saturated carbocycles. The molecule has 0 radical (unpaired) electrons. The number of pyridine rings is 1. The van der Waals surface area contributed by atoms with Crippen molar-refractivity contribution in [3.8, 4) is 11.8 Å². The zero-order valence-corrected chi connectivity index (χ0v) is 16.8. The Kier molecular flexibility index (Phi) is 7.61. The quantitative estimate of drug-likeness (QED) is 0.596. The molecule has 2 rings (SSSR count). The maximum Gasteiger partial charge on any atom is 0.408 e. The number of nitrogens with zero attached hydrogens (tertiary/aromatic N) is 1. The molecule has 0 aliphatic heterocycles. The van der Waals surface area contributed by atoms with Crippen LogP contribution in [0.5, 0.6) is 0 Å². The standard InChI is InChI=1S/C22H25N3O4/c1-22(2,3)29-21(27)25-18(11-7-10-16-12-13-24-19(23)14-16)20(26)28-15-17-8-5-4-6-9-17/h4-6,8-9,12-14,18H,11,15H2,1-3H3,(H2,23,24)(H,25,27). The molecule has 1 atom stereocenters. The maximum atomic E-state index is 12.5. The van der Waals surface area contributed by atoms with E-state index < -0.39 is 23.7 Å². The third-order valence-corrected chi connectivity index (χ3v) is 3.52. The van der Waals surface area contributed by atoms with Crippen molar-refractivity contribution in [2.75, 3.05) is 5.73 Å². The zero-order chi connectivity index (χ0) is 21.3. The van der Waals surface area contributed by atoms with Gasteiger partial charge in [0, 0.05) is 18.2 Å². The molecule has 1 amide bonds. The SMILES string of the molecule is CC(C)(C)OC(=O)NC(CC#Cc1ccnc(N)c1)C(=O)OCc1ccccc1. The van der Waals surface area contributed by atoms with Crippen molar-refractivity contribution < 1.29 is 19.1 Å². The van der Waals surface area contributed by atoms with Crippen molar-refractivity contribution in [3.63, 3.8) is 0 Å². The molecule has 0 aliphatic rings. The number of nitrogens with two attached hydrogens (primary N) is 1. The molecule has 2 aromatic rings. The number of nitrogens with one attached hydrogen (secondary N) is 1. The highest BCUT2D eigenvalue weighted by Gasteiger charge is 2.25. The van der Waals surface area contributed by atoms with Crippen LogP contribution in [-0.2, 0) is 20.9 Å². The number of ether oxygens (including phenoxy) is 2. The van der Waals surface area contributed by atoms with E-state index >= 15 is 0 Å². The number of alkyl carbamates (subject to hydrolysis) is 1. The van der Waals surface area contributed by atoms with Gasteiger partial charge in [-0.1, -0.05) is 42.2 Å². The first-order valence-corrected chi connectivity index (χ1v) is 9.13. The Bertz CT molecular complexity index is 896. The van der Waals surface area contributed by atoms with E-state index in [2.05, 4.69) is 22.1 Å². The van der Waals surface area contributed by atoms with Crippen molar-refractivity contribution >= 4 is 17.9 Å². The van der Waals surface area contributed by atoms with Crippen LogP contribution in [0.4, 0.5) is 10.6 Å². The fourth-order valence-corrected chi connectivity index (χ4v) is 2.25. The molecule has 0 fully saturated rings. The van der Waals surface area contributed by atoms with Gasteiger partial charge in [-0.25, -0.2) is 14.6 Å². The first kappa shape index (κ1) is 21.8. The van der Waals surface area contributed by atoms with Gasteiger partial charge >= 0.3 is 12.1 Å². The molecule has 152 valence electrons. The normalized spacial score (nSPS) is 11.6. The molecule has 3 N–H and O–H groups in total. The molecule has 1 unspecified atom stereocenters. The smallest absolute Gasteiger partial charge is 0.408 e. The van der Waals surface area contributed by atoms with E-state index in [0.717, 1.165) is 5.56 Å². The lowest BCUT2D eigenvalue weighted by molar-refractivity contribution is -0.147. The largest absolute Gasteiger partial charge is 0.459 e. The number of hydrogen-bond acceptors (Lipinski definition) is 6. The summed E-state index contributed by atoms with van der Waals surface area (Å²) in [6.45, 7) is 5.31. The van der Waals surface area contributed by atoms with E-state index in [-0.39, 0.29) is 13.0 Å². The van der Waals surface area contributed by atoms with Gasteiger partial charge < -0.3 is 20.5 Å². The number of nitrogen functional groups attached to an aromatic ring is 1. The molecule has 0 spiro atoms. The van der Waals surface area contributed by atoms with Crippen molar-refractivity contribution in [2.45, 2.75) is 45.4 Å². The Hall–Kier alpha value is -3.53. The summed E-state index contributed by atoms with van der Waals surface area (Å²) < 4.78 is 10.6. The summed E-state index contributed by atoms with van der Waals surface area (Å²) in [4.78, 5) is 28.5. The molecule has 7 nitrogen and oxygen atoms in total. The van der Waals surface area contributed by atoms with Crippen LogP contribution >= 0.6 is 0 Å². The van der Waals surface area contributed by atoms with Crippen LogP contribution in [0.15, 0.2) is 48.7 Å². The minimum atomic E-state index is -0.972. The van der Waals surface area contributed by atoms with Crippen molar-refractivity contribution in [2.24, 2.45) is 0 Å². The highest BCUT2D eigenvalue weighted by Crippen LogP contribution is 2.09. The number of anilines is 1. The Morgan fingerprint density at radius 1 is 1.21 bits per heavy atom. The molecular formula is C22H25N3O4. The molecule has 7 heteroatoms. The predicted molar refractivity (Wildman–Crippen MR) is 110 cm³/mol. The minimum absolute atomic E-state index is 0.0507. The van der Waals surface area contributed by atoms with Crippen molar-refractivity contribution in [1.29, 1.82) is 0 Å². The van der Waals surface area contributed by atoms with Gasteiger partial charge in [0.15, 0.2) is 0 Å². The molecule has 0 bridgehead atoms. The Labute approximate surface area is 170 Å². The van der Waals surface area contributed by atoms with Gasteiger partial charge in [0.05, 0.1) is 0 Å². The number of carbonyl (C=O) groups excluding carboxylic acids is 2. The van der Waals surface area contributed by atoms with Crippen LogP contribution in [0.1, 0.15) is 38.3 Å². The lowest BCUT2D eigenvalue weighted by atomic mass is 10.2. The average Bonchev–Trinajstić information content (AvgIpc) is 2.65. The van der Waals surface area contributed by atoms with Gasteiger partial charge in [-0.15, -0.1) is 0 Å². The zero-order valence-electron chi connectivity index (χ0n) is 16.8. The summed E-state index contributed by atoms with van der Waals surface area (Å²) in [5, 5.41) is 2.53. The summed E-state index contributed by atoms with van der Waals surface area (Å²) in [6.07, 6.45) is 0.882. The third kappa shape index (κ3) is 8.35. The first-order valence-electron chi connectivity index (χ1n) is 9.13. The molecule has 29 heavy (non-hydrogen) atoms. The fourth-order valence-electron chi connectivity index (χ4n) is 2.25. The number of carbonyl (C=O) groups is 2. The molecule has 1 aromatic carbocycles. The molecule has 0 saturated heterocycles. The second kappa shape index (κ2) is 10.1. The van der Waals surface area contributed by atoms with E-state index in [1.807, 2.05) is 30.3 Å². The monoisotopic (exact) mass is 395 g/mol. The summed E-state index contributed by atoms with van der Waals surface area (Å²) in [6, 6.07) is 11.6. The highest BCUT2D eigenvalue weighted by molar-refractivity contribution is 5.81. The van der Waals surface area contributed by atoms with Crippen LogP contribution < -0.4 is 11.1 Å².